The largest absolute Gasteiger partial charge is 0.381 e. The van der Waals surface area contributed by atoms with Crippen molar-refractivity contribution in [3.05, 3.63) is 0 Å². The molecule has 0 aromatic carbocycles. The molecule has 0 aromatic rings. The van der Waals surface area contributed by atoms with Gasteiger partial charge in [0, 0.05) is 18.6 Å². The monoisotopic (exact) mass is 199 g/mol. The summed E-state index contributed by atoms with van der Waals surface area (Å²) >= 11 is 0. The Labute approximate surface area is 88.4 Å². The van der Waals surface area contributed by atoms with E-state index in [2.05, 4.69) is 19.2 Å². The molecule has 1 fully saturated rings. The average Bonchev–Trinajstić information content (AvgIpc) is 2.65. The van der Waals surface area contributed by atoms with E-state index in [0.717, 1.165) is 26.3 Å². The van der Waals surface area contributed by atoms with E-state index in [-0.39, 0.29) is 0 Å². The van der Waals surface area contributed by atoms with Crippen molar-refractivity contribution in [3.63, 3.8) is 0 Å². The van der Waals surface area contributed by atoms with E-state index in [0.29, 0.717) is 5.41 Å². The fourth-order valence-electron chi connectivity index (χ4n) is 2.35. The van der Waals surface area contributed by atoms with E-state index in [9.17, 15) is 0 Å². The van der Waals surface area contributed by atoms with Gasteiger partial charge in [-0.1, -0.05) is 19.8 Å². The molecule has 0 radical (unpaired) electrons. The standard InChI is InChI=1S/C12H25NO/c1-3-9-13-10-12(11-14-4-2)7-5-6-8-12/h13H,3-11H2,1-2H3. The summed E-state index contributed by atoms with van der Waals surface area (Å²) < 4.78 is 5.61. The van der Waals surface area contributed by atoms with Gasteiger partial charge in [0.15, 0.2) is 0 Å². The van der Waals surface area contributed by atoms with Crippen LogP contribution in [0.25, 0.3) is 0 Å². The van der Waals surface area contributed by atoms with Crippen LogP contribution in [0.4, 0.5) is 0 Å². The first-order valence-electron chi connectivity index (χ1n) is 6.11. The Hall–Kier alpha value is -0.0800. The molecule has 0 spiro atoms. The first-order chi connectivity index (χ1) is 6.83. The first-order valence-corrected chi connectivity index (χ1v) is 6.11. The van der Waals surface area contributed by atoms with Crippen LogP contribution in [0, 0.1) is 5.41 Å². The molecule has 0 unspecified atom stereocenters. The van der Waals surface area contributed by atoms with Gasteiger partial charge in [-0.3, -0.25) is 0 Å². The Kier molecular flexibility index (Phi) is 5.49. The highest BCUT2D eigenvalue weighted by Crippen LogP contribution is 2.37. The Morgan fingerprint density at radius 2 is 1.93 bits per heavy atom. The molecular formula is C12H25NO. The molecular weight excluding hydrogens is 174 g/mol. The van der Waals surface area contributed by atoms with E-state index < -0.39 is 0 Å². The zero-order chi connectivity index (χ0) is 10.3. The van der Waals surface area contributed by atoms with Gasteiger partial charge in [0.1, 0.15) is 0 Å². The first kappa shape index (κ1) is 12.0. The number of ether oxygens (including phenoxy) is 1. The lowest BCUT2D eigenvalue weighted by atomic mass is 9.87. The van der Waals surface area contributed by atoms with Crippen molar-refractivity contribution in [2.24, 2.45) is 5.41 Å². The van der Waals surface area contributed by atoms with Crippen LogP contribution >= 0.6 is 0 Å². The second kappa shape index (κ2) is 6.41. The van der Waals surface area contributed by atoms with Crippen LogP contribution in [0.3, 0.4) is 0 Å². The maximum Gasteiger partial charge on any atom is 0.0534 e. The summed E-state index contributed by atoms with van der Waals surface area (Å²) in [5, 5.41) is 3.55. The second-order valence-electron chi connectivity index (χ2n) is 4.52. The third-order valence-corrected chi connectivity index (χ3v) is 3.20. The zero-order valence-corrected chi connectivity index (χ0v) is 9.77. The third-order valence-electron chi connectivity index (χ3n) is 3.20. The summed E-state index contributed by atoms with van der Waals surface area (Å²) in [6, 6.07) is 0. The topological polar surface area (TPSA) is 21.3 Å². The number of rotatable bonds is 7. The minimum Gasteiger partial charge on any atom is -0.381 e. The van der Waals surface area contributed by atoms with Crippen molar-refractivity contribution in [1.82, 2.24) is 5.32 Å². The van der Waals surface area contributed by atoms with Crippen molar-refractivity contribution in [3.8, 4) is 0 Å². The predicted octanol–water partition coefficient (Wildman–Crippen LogP) is 2.58. The summed E-state index contributed by atoms with van der Waals surface area (Å²) in [5.74, 6) is 0. The zero-order valence-electron chi connectivity index (χ0n) is 9.77. The van der Waals surface area contributed by atoms with E-state index in [1.165, 1.54) is 32.1 Å². The Bertz CT molecular complexity index is 141. The SMILES string of the molecule is CCCNCC1(COCC)CCCC1. The lowest BCUT2D eigenvalue weighted by molar-refractivity contribution is 0.0537. The fourth-order valence-corrected chi connectivity index (χ4v) is 2.35. The summed E-state index contributed by atoms with van der Waals surface area (Å²) in [6.07, 6.45) is 6.71. The number of nitrogens with one attached hydrogen (secondary N) is 1. The van der Waals surface area contributed by atoms with Crippen molar-refractivity contribution < 1.29 is 4.74 Å². The molecule has 0 aromatic heterocycles. The average molecular weight is 199 g/mol. The summed E-state index contributed by atoms with van der Waals surface area (Å²) in [5.41, 5.74) is 0.463. The molecule has 2 heteroatoms. The number of hydrogen-bond donors (Lipinski definition) is 1. The van der Waals surface area contributed by atoms with Crippen molar-refractivity contribution in [2.45, 2.75) is 46.0 Å². The van der Waals surface area contributed by atoms with E-state index in [1.54, 1.807) is 0 Å². The molecule has 0 bridgehead atoms. The Morgan fingerprint density at radius 1 is 1.21 bits per heavy atom. The molecule has 1 aliphatic carbocycles. The van der Waals surface area contributed by atoms with Crippen LogP contribution in [0.1, 0.15) is 46.0 Å². The second-order valence-corrected chi connectivity index (χ2v) is 4.52. The number of hydrogen-bond acceptors (Lipinski definition) is 2. The van der Waals surface area contributed by atoms with Gasteiger partial charge >= 0.3 is 0 Å². The summed E-state index contributed by atoms with van der Waals surface area (Å²) in [6.45, 7) is 8.42. The molecule has 1 aliphatic rings. The highest BCUT2D eigenvalue weighted by atomic mass is 16.5. The summed E-state index contributed by atoms with van der Waals surface area (Å²) in [7, 11) is 0. The van der Waals surface area contributed by atoms with Crippen LogP contribution in [-0.4, -0.2) is 26.3 Å². The van der Waals surface area contributed by atoms with E-state index in [1.807, 2.05) is 0 Å². The molecule has 0 heterocycles. The van der Waals surface area contributed by atoms with Crippen LogP contribution in [-0.2, 0) is 4.74 Å². The van der Waals surface area contributed by atoms with Crippen molar-refractivity contribution in [1.29, 1.82) is 0 Å². The Balaban J connectivity index is 2.28. The molecule has 0 amide bonds. The van der Waals surface area contributed by atoms with Gasteiger partial charge in [-0.25, -0.2) is 0 Å². The van der Waals surface area contributed by atoms with E-state index >= 15 is 0 Å². The molecule has 2 nitrogen and oxygen atoms in total. The highest BCUT2D eigenvalue weighted by Gasteiger charge is 2.33. The van der Waals surface area contributed by atoms with Gasteiger partial charge in [0.25, 0.3) is 0 Å². The smallest absolute Gasteiger partial charge is 0.0534 e. The molecule has 1 rings (SSSR count). The normalized spacial score (nSPS) is 20.1. The molecule has 0 saturated heterocycles. The van der Waals surface area contributed by atoms with Gasteiger partial charge in [0.05, 0.1) is 6.61 Å². The molecule has 0 aliphatic heterocycles. The van der Waals surface area contributed by atoms with Gasteiger partial charge in [0.2, 0.25) is 0 Å². The summed E-state index contributed by atoms with van der Waals surface area (Å²) in [4.78, 5) is 0. The van der Waals surface area contributed by atoms with Crippen LogP contribution in [0.2, 0.25) is 0 Å². The van der Waals surface area contributed by atoms with Crippen molar-refractivity contribution >= 4 is 0 Å². The molecule has 1 N–H and O–H groups in total. The van der Waals surface area contributed by atoms with Gasteiger partial charge in [-0.2, -0.15) is 0 Å². The minimum absolute atomic E-state index is 0.463. The predicted molar refractivity (Wildman–Crippen MR) is 60.6 cm³/mol. The molecule has 14 heavy (non-hydrogen) atoms. The molecule has 0 atom stereocenters. The maximum absolute atomic E-state index is 5.61. The van der Waals surface area contributed by atoms with Crippen LogP contribution in [0.5, 0.6) is 0 Å². The van der Waals surface area contributed by atoms with Gasteiger partial charge < -0.3 is 10.1 Å². The van der Waals surface area contributed by atoms with E-state index in [4.69, 9.17) is 4.74 Å². The third kappa shape index (κ3) is 3.58. The van der Waals surface area contributed by atoms with Crippen LogP contribution < -0.4 is 5.32 Å². The lowest BCUT2D eigenvalue weighted by Gasteiger charge is -2.28. The minimum atomic E-state index is 0.463. The van der Waals surface area contributed by atoms with Gasteiger partial charge in [-0.05, 0) is 32.7 Å². The Morgan fingerprint density at radius 3 is 2.50 bits per heavy atom. The molecule has 84 valence electrons. The van der Waals surface area contributed by atoms with Gasteiger partial charge in [-0.15, -0.1) is 0 Å². The lowest BCUT2D eigenvalue weighted by Crippen LogP contribution is -2.36. The maximum atomic E-state index is 5.61. The fraction of sp³-hybridized carbons (Fsp3) is 1.00. The quantitative estimate of drug-likeness (QED) is 0.636. The molecule has 1 saturated carbocycles. The van der Waals surface area contributed by atoms with Crippen LogP contribution in [0.15, 0.2) is 0 Å². The van der Waals surface area contributed by atoms with Crippen molar-refractivity contribution in [2.75, 3.05) is 26.3 Å². The highest BCUT2D eigenvalue weighted by molar-refractivity contribution is 4.86.